The van der Waals surface area contributed by atoms with Gasteiger partial charge in [0, 0.05) is 10.9 Å². The van der Waals surface area contributed by atoms with Gasteiger partial charge in [0.15, 0.2) is 0 Å². The molecule has 0 saturated heterocycles. The van der Waals surface area contributed by atoms with Crippen LogP contribution in [0.1, 0.15) is 11.1 Å². The number of carbonyl (C=O) groups excluding carboxylic acids is 1. The van der Waals surface area contributed by atoms with Gasteiger partial charge in [-0.15, -0.1) is 0 Å². The second-order valence-corrected chi connectivity index (χ2v) is 3.96. The molecule has 0 aliphatic heterocycles. The predicted octanol–water partition coefficient (Wildman–Crippen LogP) is 1.95. The average Bonchev–Trinajstić information content (AvgIpc) is 2.01. The monoisotopic (exact) mass is 256 g/mol. The minimum Gasteiger partial charge on any atom is -0.475 e. The number of aliphatic carboxylic acids is 1. The molecule has 0 aliphatic carbocycles. The molecule has 0 bridgehead atoms. The first-order chi connectivity index (χ1) is 6.49. The SMILES string of the molecule is Cc1cc(Br)cc(CC(=O)C(=O)O)c1. The smallest absolute Gasteiger partial charge is 0.372 e. The highest BCUT2D eigenvalue weighted by atomic mass is 79.9. The van der Waals surface area contributed by atoms with Crippen molar-refractivity contribution in [1.29, 1.82) is 0 Å². The average molecular weight is 257 g/mol. The molecule has 1 rings (SSSR count). The van der Waals surface area contributed by atoms with Crippen molar-refractivity contribution in [2.24, 2.45) is 0 Å². The van der Waals surface area contributed by atoms with E-state index in [1.807, 2.05) is 13.0 Å². The van der Waals surface area contributed by atoms with Crippen LogP contribution >= 0.6 is 15.9 Å². The van der Waals surface area contributed by atoms with Gasteiger partial charge in [-0.25, -0.2) is 4.79 Å². The summed E-state index contributed by atoms with van der Waals surface area (Å²) in [4.78, 5) is 21.2. The van der Waals surface area contributed by atoms with Crippen molar-refractivity contribution in [2.75, 3.05) is 0 Å². The van der Waals surface area contributed by atoms with Crippen molar-refractivity contribution in [1.82, 2.24) is 0 Å². The summed E-state index contributed by atoms with van der Waals surface area (Å²) in [7, 11) is 0. The van der Waals surface area contributed by atoms with Gasteiger partial charge in [-0.2, -0.15) is 0 Å². The minimum absolute atomic E-state index is 0.0599. The van der Waals surface area contributed by atoms with Crippen molar-refractivity contribution < 1.29 is 14.7 Å². The Labute approximate surface area is 89.9 Å². The largest absolute Gasteiger partial charge is 0.475 e. The molecule has 1 N–H and O–H groups in total. The first kappa shape index (κ1) is 10.9. The molecule has 0 aliphatic rings. The Morgan fingerprint density at radius 2 is 2.00 bits per heavy atom. The van der Waals surface area contributed by atoms with E-state index in [1.54, 1.807) is 12.1 Å². The number of halogens is 1. The molecule has 14 heavy (non-hydrogen) atoms. The number of benzene rings is 1. The number of aryl methyl sites for hydroxylation is 1. The number of Topliss-reactive ketones (excluding diaryl/α,β-unsaturated/α-hetero) is 1. The van der Waals surface area contributed by atoms with E-state index in [-0.39, 0.29) is 6.42 Å². The van der Waals surface area contributed by atoms with E-state index in [9.17, 15) is 9.59 Å². The highest BCUT2D eigenvalue weighted by Gasteiger charge is 2.12. The first-order valence-corrected chi connectivity index (χ1v) is 4.80. The molecule has 74 valence electrons. The summed E-state index contributed by atoms with van der Waals surface area (Å²) in [6.45, 7) is 1.89. The molecular formula is C10H9BrO3. The maximum atomic E-state index is 10.9. The van der Waals surface area contributed by atoms with Crippen LogP contribution in [-0.4, -0.2) is 16.9 Å². The van der Waals surface area contributed by atoms with E-state index in [2.05, 4.69) is 15.9 Å². The number of carboxylic acid groups (broad SMARTS) is 1. The Morgan fingerprint density at radius 3 is 2.50 bits per heavy atom. The van der Waals surface area contributed by atoms with Gasteiger partial charge in [0.25, 0.3) is 0 Å². The van der Waals surface area contributed by atoms with E-state index in [0.717, 1.165) is 10.0 Å². The van der Waals surface area contributed by atoms with Crippen LogP contribution in [0.3, 0.4) is 0 Å². The van der Waals surface area contributed by atoms with Crippen molar-refractivity contribution in [3.05, 3.63) is 33.8 Å². The lowest BCUT2D eigenvalue weighted by Crippen LogP contribution is -2.15. The lowest BCUT2D eigenvalue weighted by molar-refractivity contribution is -0.148. The summed E-state index contributed by atoms with van der Waals surface area (Å²) in [6, 6.07) is 5.44. The summed E-state index contributed by atoms with van der Waals surface area (Å²) < 4.78 is 0.852. The normalized spacial score (nSPS) is 9.86. The molecule has 0 amide bonds. The number of ketones is 1. The predicted molar refractivity (Wildman–Crippen MR) is 55.2 cm³/mol. The Kier molecular flexibility index (Phi) is 3.41. The zero-order valence-electron chi connectivity index (χ0n) is 7.58. The van der Waals surface area contributed by atoms with Gasteiger partial charge in [-0.1, -0.05) is 22.0 Å². The maximum Gasteiger partial charge on any atom is 0.372 e. The third-order valence-corrected chi connectivity index (χ3v) is 2.16. The van der Waals surface area contributed by atoms with Gasteiger partial charge >= 0.3 is 5.97 Å². The molecule has 0 fully saturated rings. The molecular weight excluding hydrogens is 248 g/mol. The Balaban J connectivity index is 2.87. The quantitative estimate of drug-likeness (QED) is 0.842. The van der Waals surface area contributed by atoms with E-state index in [1.165, 1.54) is 0 Å². The zero-order valence-corrected chi connectivity index (χ0v) is 9.17. The second kappa shape index (κ2) is 4.37. The maximum absolute atomic E-state index is 10.9. The summed E-state index contributed by atoms with van der Waals surface area (Å²) in [5, 5.41) is 8.42. The summed E-state index contributed by atoms with van der Waals surface area (Å²) in [5.74, 6) is -2.18. The number of rotatable bonds is 3. The Morgan fingerprint density at radius 1 is 1.36 bits per heavy atom. The minimum atomic E-state index is -1.39. The zero-order chi connectivity index (χ0) is 10.7. The van der Waals surface area contributed by atoms with E-state index >= 15 is 0 Å². The van der Waals surface area contributed by atoms with Crippen molar-refractivity contribution in [3.63, 3.8) is 0 Å². The fourth-order valence-electron chi connectivity index (χ4n) is 1.18. The lowest BCUT2D eigenvalue weighted by atomic mass is 10.1. The van der Waals surface area contributed by atoms with Crippen LogP contribution in [0, 0.1) is 6.92 Å². The fraction of sp³-hybridized carbons (Fsp3) is 0.200. The van der Waals surface area contributed by atoms with Crippen molar-refractivity contribution >= 4 is 27.7 Å². The molecule has 1 aromatic carbocycles. The molecule has 0 aromatic heterocycles. The number of hydrogen-bond acceptors (Lipinski definition) is 2. The highest BCUT2D eigenvalue weighted by Crippen LogP contribution is 2.15. The van der Waals surface area contributed by atoms with E-state index < -0.39 is 11.8 Å². The van der Waals surface area contributed by atoms with Crippen LogP contribution in [0.15, 0.2) is 22.7 Å². The molecule has 0 spiro atoms. The van der Waals surface area contributed by atoms with Crippen LogP contribution in [0.25, 0.3) is 0 Å². The van der Waals surface area contributed by atoms with Crippen molar-refractivity contribution in [3.8, 4) is 0 Å². The molecule has 0 unspecified atom stereocenters. The molecule has 3 nitrogen and oxygen atoms in total. The lowest BCUT2D eigenvalue weighted by Gasteiger charge is -2.01. The van der Waals surface area contributed by atoms with E-state index in [4.69, 9.17) is 5.11 Å². The molecule has 1 aromatic rings. The Hall–Kier alpha value is -1.16. The number of carbonyl (C=O) groups is 2. The Bertz CT molecular complexity index is 365. The fourth-order valence-corrected chi connectivity index (χ4v) is 1.83. The van der Waals surface area contributed by atoms with Gasteiger partial charge in [-0.3, -0.25) is 4.79 Å². The molecule has 4 heteroatoms. The van der Waals surface area contributed by atoms with Gasteiger partial charge in [-0.05, 0) is 30.2 Å². The van der Waals surface area contributed by atoms with Gasteiger partial charge < -0.3 is 5.11 Å². The van der Waals surface area contributed by atoms with Crippen LogP contribution in [0.2, 0.25) is 0 Å². The number of carboxylic acids is 1. The summed E-state index contributed by atoms with van der Waals surface area (Å²) >= 11 is 3.28. The van der Waals surface area contributed by atoms with Crippen LogP contribution in [-0.2, 0) is 16.0 Å². The third kappa shape index (κ3) is 2.96. The van der Waals surface area contributed by atoms with Gasteiger partial charge in [0.1, 0.15) is 0 Å². The van der Waals surface area contributed by atoms with E-state index in [0.29, 0.717) is 5.56 Å². The standard InChI is InChI=1S/C10H9BrO3/c1-6-2-7(4-8(11)3-6)5-9(12)10(13)14/h2-4H,5H2,1H3,(H,13,14). The second-order valence-electron chi connectivity index (χ2n) is 3.04. The topological polar surface area (TPSA) is 54.4 Å². The van der Waals surface area contributed by atoms with Crippen LogP contribution in [0.5, 0.6) is 0 Å². The highest BCUT2D eigenvalue weighted by molar-refractivity contribution is 9.10. The molecule has 0 atom stereocenters. The third-order valence-electron chi connectivity index (χ3n) is 1.71. The molecule has 0 radical (unpaired) electrons. The molecule has 0 heterocycles. The summed E-state index contributed by atoms with van der Waals surface area (Å²) in [5.41, 5.74) is 1.71. The summed E-state index contributed by atoms with van der Waals surface area (Å²) in [6.07, 6.45) is -0.0599. The first-order valence-electron chi connectivity index (χ1n) is 4.01. The number of hydrogen-bond donors (Lipinski definition) is 1. The van der Waals surface area contributed by atoms with Crippen molar-refractivity contribution in [2.45, 2.75) is 13.3 Å². The van der Waals surface area contributed by atoms with Crippen LogP contribution < -0.4 is 0 Å². The van der Waals surface area contributed by atoms with Crippen LogP contribution in [0.4, 0.5) is 0 Å². The molecule has 0 saturated carbocycles. The van der Waals surface area contributed by atoms with Gasteiger partial charge in [0.05, 0.1) is 0 Å². The van der Waals surface area contributed by atoms with Gasteiger partial charge in [0.2, 0.25) is 5.78 Å².